The lowest BCUT2D eigenvalue weighted by molar-refractivity contribution is 0.459. The highest BCUT2D eigenvalue weighted by Crippen LogP contribution is 2.19. The van der Waals surface area contributed by atoms with E-state index in [1.807, 2.05) is 0 Å². The van der Waals surface area contributed by atoms with Crippen molar-refractivity contribution in [3.8, 4) is 6.07 Å². The molecule has 1 N–H and O–H groups in total. The van der Waals surface area contributed by atoms with Gasteiger partial charge in [0.05, 0.1) is 14.1 Å². The van der Waals surface area contributed by atoms with E-state index in [1.54, 1.807) is 0 Å². The fraction of sp³-hybridized carbons (Fsp3) is 0.750. The number of hydrogen-bond donors (Lipinski definition) is 1. The zero-order valence-corrected chi connectivity index (χ0v) is 11.3. The SMILES string of the molecule is CC(NC1CC=C(C#N)CC1)[Si](C)(C)C. The fourth-order valence-electron chi connectivity index (χ4n) is 1.69. The molecule has 1 rings (SSSR count). The van der Waals surface area contributed by atoms with Crippen molar-refractivity contribution < 1.29 is 0 Å². The molecule has 1 aliphatic rings. The number of allylic oxidation sites excluding steroid dienone is 1. The molecular weight excluding hydrogens is 200 g/mol. The van der Waals surface area contributed by atoms with Crippen LogP contribution in [0.4, 0.5) is 0 Å². The minimum absolute atomic E-state index is 0.587. The molecule has 0 radical (unpaired) electrons. The van der Waals surface area contributed by atoms with Gasteiger partial charge < -0.3 is 5.32 Å². The van der Waals surface area contributed by atoms with Crippen LogP contribution in [0.5, 0.6) is 0 Å². The van der Waals surface area contributed by atoms with E-state index in [-0.39, 0.29) is 0 Å². The molecular formula is C12H22N2Si. The van der Waals surface area contributed by atoms with Crippen molar-refractivity contribution in [1.82, 2.24) is 5.32 Å². The second-order valence-electron chi connectivity index (χ2n) is 5.57. The van der Waals surface area contributed by atoms with Crippen LogP contribution in [0, 0.1) is 11.3 Å². The molecule has 84 valence electrons. The van der Waals surface area contributed by atoms with E-state index in [0.29, 0.717) is 11.7 Å². The van der Waals surface area contributed by atoms with E-state index in [4.69, 9.17) is 5.26 Å². The van der Waals surface area contributed by atoms with Gasteiger partial charge in [0, 0.05) is 11.6 Å². The Morgan fingerprint density at radius 1 is 1.53 bits per heavy atom. The van der Waals surface area contributed by atoms with Gasteiger partial charge in [-0.1, -0.05) is 32.6 Å². The summed E-state index contributed by atoms with van der Waals surface area (Å²) in [5.74, 6) is 0. The zero-order chi connectivity index (χ0) is 11.5. The van der Waals surface area contributed by atoms with Crippen molar-refractivity contribution in [2.24, 2.45) is 0 Å². The molecule has 0 aromatic carbocycles. The first-order valence-corrected chi connectivity index (χ1v) is 9.36. The van der Waals surface area contributed by atoms with Crippen molar-refractivity contribution in [1.29, 1.82) is 5.26 Å². The van der Waals surface area contributed by atoms with E-state index in [1.165, 1.54) is 0 Å². The van der Waals surface area contributed by atoms with Gasteiger partial charge in [-0.2, -0.15) is 5.26 Å². The maximum Gasteiger partial charge on any atom is 0.0943 e. The maximum atomic E-state index is 8.76. The summed E-state index contributed by atoms with van der Waals surface area (Å²) in [4.78, 5) is 0. The van der Waals surface area contributed by atoms with Crippen LogP contribution in [0.1, 0.15) is 26.2 Å². The summed E-state index contributed by atoms with van der Waals surface area (Å²) in [6.45, 7) is 9.48. The van der Waals surface area contributed by atoms with Crippen molar-refractivity contribution in [3.05, 3.63) is 11.6 Å². The molecule has 2 nitrogen and oxygen atoms in total. The third-order valence-electron chi connectivity index (χ3n) is 3.34. The Balaban J connectivity index is 2.44. The van der Waals surface area contributed by atoms with Crippen molar-refractivity contribution >= 4 is 8.07 Å². The summed E-state index contributed by atoms with van der Waals surface area (Å²) >= 11 is 0. The molecule has 0 aromatic rings. The van der Waals surface area contributed by atoms with Crippen LogP contribution in [0.25, 0.3) is 0 Å². The first-order chi connectivity index (χ1) is 6.93. The third kappa shape index (κ3) is 3.81. The highest BCUT2D eigenvalue weighted by molar-refractivity contribution is 6.77. The summed E-state index contributed by atoms with van der Waals surface area (Å²) in [6, 6.07) is 2.84. The molecule has 15 heavy (non-hydrogen) atoms. The third-order valence-corrected chi connectivity index (χ3v) is 6.10. The Hall–Kier alpha value is -0.593. The average Bonchev–Trinajstić information content (AvgIpc) is 2.17. The zero-order valence-electron chi connectivity index (χ0n) is 10.3. The molecule has 3 heteroatoms. The summed E-state index contributed by atoms with van der Waals surface area (Å²) in [5.41, 5.74) is 1.62. The van der Waals surface area contributed by atoms with Gasteiger partial charge in [0.2, 0.25) is 0 Å². The van der Waals surface area contributed by atoms with Crippen LogP contribution < -0.4 is 5.32 Å². The number of hydrogen-bond acceptors (Lipinski definition) is 2. The second kappa shape index (κ2) is 4.96. The predicted molar refractivity (Wildman–Crippen MR) is 67.3 cm³/mol. The molecule has 0 aliphatic heterocycles. The largest absolute Gasteiger partial charge is 0.314 e. The molecule has 0 bridgehead atoms. The van der Waals surface area contributed by atoms with Crippen LogP contribution in [0.15, 0.2) is 11.6 Å². The summed E-state index contributed by atoms with van der Waals surface area (Å²) in [7, 11) is -1.07. The lowest BCUT2D eigenvalue weighted by Crippen LogP contribution is -2.50. The minimum Gasteiger partial charge on any atom is -0.314 e. The van der Waals surface area contributed by atoms with Gasteiger partial charge >= 0.3 is 0 Å². The number of nitrogens with one attached hydrogen (secondary N) is 1. The van der Waals surface area contributed by atoms with E-state index in [2.05, 4.69) is 44.0 Å². The Morgan fingerprint density at radius 3 is 2.60 bits per heavy atom. The molecule has 0 spiro atoms. The first-order valence-electron chi connectivity index (χ1n) is 5.78. The Bertz CT molecular complexity index is 283. The van der Waals surface area contributed by atoms with Gasteiger partial charge in [-0.25, -0.2) is 0 Å². The van der Waals surface area contributed by atoms with Gasteiger partial charge in [-0.05, 0) is 24.9 Å². The van der Waals surface area contributed by atoms with Crippen molar-refractivity contribution in [2.75, 3.05) is 0 Å². The topological polar surface area (TPSA) is 35.8 Å². The van der Waals surface area contributed by atoms with Crippen LogP contribution in [0.2, 0.25) is 19.6 Å². The van der Waals surface area contributed by atoms with Crippen LogP contribution >= 0.6 is 0 Å². The standard InChI is InChI=1S/C12H22N2Si/c1-10(15(2,3)4)14-12-7-5-11(9-13)6-8-12/h5,10,12,14H,6-8H2,1-4H3. The smallest absolute Gasteiger partial charge is 0.0943 e. The quantitative estimate of drug-likeness (QED) is 0.745. The molecule has 0 amide bonds. The number of rotatable bonds is 3. The number of nitrogens with zero attached hydrogens (tertiary/aromatic N) is 1. The molecule has 1 aliphatic carbocycles. The van der Waals surface area contributed by atoms with E-state index >= 15 is 0 Å². The molecule has 0 saturated carbocycles. The average molecular weight is 222 g/mol. The van der Waals surface area contributed by atoms with Crippen LogP contribution in [0.3, 0.4) is 0 Å². The molecule has 0 heterocycles. The van der Waals surface area contributed by atoms with Gasteiger partial charge in [0.15, 0.2) is 0 Å². The van der Waals surface area contributed by atoms with Gasteiger partial charge in [0.1, 0.15) is 0 Å². The van der Waals surface area contributed by atoms with E-state index in [9.17, 15) is 0 Å². The van der Waals surface area contributed by atoms with Gasteiger partial charge in [-0.15, -0.1) is 0 Å². The molecule has 2 atom stereocenters. The summed E-state index contributed by atoms with van der Waals surface area (Å²) in [5, 5.41) is 12.5. The first kappa shape index (κ1) is 12.5. The summed E-state index contributed by atoms with van der Waals surface area (Å²) < 4.78 is 0. The molecule has 0 fully saturated rings. The normalized spacial score (nSPS) is 24.2. The monoisotopic (exact) mass is 222 g/mol. The van der Waals surface area contributed by atoms with Crippen molar-refractivity contribution in [2.45, 2.75) is 57.5 Å². The highest BCUT2D eigenvalue weighted by Gasteiger charge is 2.25. The lowest BCUT2D eigenvalue weighted by atomic mass is 9.96. The molecule has 2 unspecified atom stereocenters. The van der Waals surface area contributed by atoms with Gasteiger partial charge in [-0.3, -0.25) is 0 Å². The van der Waals surface area contributed by atoms with Crippen LogP contribution in [-0.4, -0.2) is 19.8 Å². The highest BCUT2D eigenvalue weighted by atomic mass is 28.3. The Labute approximate surface area is 94.4 Å². The van der Waals surface area contributed by atoms with Crippen LogP contribution in [-0.2, 0) is 0 Å². The predicted octanol–water partition coefficient (Wildman–Crippen LogP) is 2.84. The maximum absolute atomic E-state index is 8.76. The molecule has 0 saturated heterocycles. The minimum atomic E-state index is -1.07. The lowest BCUT2D eigenvalue weighted by Gasteiger charge is -2.32. The second-order valence-corrected chi connectivity index (χ2v) is 11.2. The van der Waals surface area contributed by atoms with E-state index in [0.717, 1.165) is 24.8 Å². The Kier molecular flexibility index (Phi) is 4.12. The molecule has 0 aromatic heterocycles. The van der Waals surface area contributed by atoms with Gasteiger partial charge in [0.25, 0.3) is 0 Å². The van der Waals surface area contributed by atoms with E-state index < -0.39 is 8.07 Å². The number of nitriles is 1. The summed E-state index contributed by atoms with van der Waals surface area (Å²) in [6.07, 6.45) is 5.19. The fourth-order valence-corrected chi connectivity index (χ4v) is 2.43. The Morgan fingerprint density at radius 2 is 2.20 bits per heavy atom. The van der Waals surface area contributed by atoms with Crippen molar-refractivity contribution in [3.63, 3.8) is 0 Å².